The fraction of sp³-hybridized carbons (Fsp3) is 0.200. The molecule has 0 saturated carbocycles. The van der Waals surface area contributed by atoms with Gasteiger partial charge in [0.05, 0.1) is 0 Å². The first-order chi connectivity index (χ1) is 17.8. The molecular formula is C30H30O8. The molecule has 0 amide bonds. The maximum atomic E-state index is 12.4. The number of esters is 4. The van der Waals surface area contributed by atoms with Crippen LogP contribution in [0.5, 0.6) is 11.5 Å². The summed E-state index contributed by atoms with van der Waals surface area (Å²) in [4.78, 5) is 48.3. The van der Waals surface area contributed by atoms with E-state index in [1.807, 2.05) is 0 Å². The van der Waals surface area contributed by atoms with Gasteiger partial charge in [-0.05, 0) is 74.7 Å². The molecular weight excluding hydrogens is 488 g/mol. The second kappa shape index (κ2) is 13.0. The largest absolute Gasteiger partial charge is 0.457 e. The van der Waals surface area contributed by atoms with Crippen LogP contribution >= 0.6 is 0 Å². The summed E-state index contributed by atoms with van der Waals surface area (Å²) in [5, 5.41) is 0. The molecule has 0 heterocycles. The highest BCUT2D eigenvalue weighted by molar-refractivity contribution is 5.91. The van der Waals surface area contributed by atoms with E-state index in [1.165, 1.54) is 39.8 Å². The lowest BCUT2D eigenvalue weighted by atomic mass is 9.99. The van der Waals surface area contributed by atoms with E-state index in [4.69, 9.17) is 18.9 Å². The first kappa shape index (κ1) is 29.5. The summed E-state index contributed by atoms with van der Waals surface area (Å²) < 4.78 is 21.4. The van der Waals surface area contributed by atoms with Gasteiger partial charge in [0.1, 0.15) is 24.7 Å². The van der Waals surface area contributed by atoms with Crippen molar-refractivity contribution in [2.75, 3.05) is 0 Å². The molecule has 0 radical (unpaired) electrons. The van der Waals surface area contributed by atoms with Gasteiger partial charge in [0.15, 0.2) is 0 Å². The first-order valence-corrected chi connectivity index (χ1v) is 11.5. The zero-order chi connectivity index (χ0) is 28.6. The van der Waals surface area contributed by atoms with E-state index in [1.54, 1.807) is 24.3 Å². The Morgan fingerprint density at radius 1 is 0.605 bits per heavy atom. The predicted molar refractivity (Wildman–Crippen MR) is 142 cm³/mol. The molecule has 0 N–H and O–H groups in total. The number of hydrogen-bond donors (Lipinski definition) is 0. The van der Waals surface area contributed by atoms with Crippen LogP contribution in [-0.2, 0) is 41.9 Å². The summed E-state index contributed by atoms with van der Waals surface area (Å²) in [6.07, 6.45) is 0. The Morgan fingerprint density at radius 3 is 1.50 bits per heavy atom. The Morgan fingerprint density at radius 2 is 1.05 bits per heavy atom. The number of carbonyl (C=O) groups excluding carboxylic acids is 4. The van der Waals surface area contributed by atoms with Crippen LogP contribution in [-0.4, -0.2) is 23.9 Å². The van der Waals surface area contributed by atoms with Crippen molar-refractivity contribution in [3.05, 3.63) is 96.1 Å². The Labute approximate surface area is 221 Å². The number of benzene rings is 2. The third kappa shape index (κ3) is 8.44. The number of hydrogen-bond acceptors (Lipinski definition) is 8. The summed E-state index contributed by atoms with van der Waals surface area (Å²) in [5.41, 5.74) is 3.00. The van der Waals surface area contributed by atoms with Gasteiger partial charge in [-0.15, -0.1) is 0 Å². The Hall–Kier alpha value is -4.72. The van der Waals surface area contributed by atoms with E-state index < -0.39 is 23.9 Å². The molecule has 0 atom stereocenters. The molecule has 0 saturated heterocycles. The first-order valence-electron chi connectivity index (χ1n) is 11.5. The summed E-state index contributed by atoms with van der Waals surface area (Å²) >= 11 is 0. The van der Waals surface area contributed by atoms with Gasteiger partial charge < -0.3 is 18.9 Å². The monoisotopic (exact) mass is 518 g/mol. The molecule has 0 unspecified atom stereocenters. The van der Waals surface area contributed by atoms with Crippen molar-refractivity contribution in [2.24, 2.45) is 0 Å². The standard InChI is InChI=1S/C30H30O8/c1-17(2)27(31)35-15-21-11-22(16-36-28(32)18(3)4)13-23(12-21)25-10-9-24(37-29(33)19(5)6)14-26(25)38-30(34)20(7)8/h9-14H,1,3,5,7,15-16H2,2,4,6,8H3. The van der Waals surface area contributed by atoms with Crippen LogP contribution in [0.25, 0.3) is 11.1 Å². The lowest BCUT2D eigenvalue weighted by Gasteiger charge is -2.15. The van der Waals surface area contributed by atoms with Gasteiger partial charge in [0, 0.05) is 33.9 Å². The molecule has 2 aromatic rings. The van der Waals surface area contributed by atoms with Gasteiger partial charge >= 0.3 is 23.9 Å². The number of ether oxygens (including phenoxy) is 4. The Kier molecular flexibility index (Phi) is 10.1. The topological polar surface area (TPSA) is 105 Å². The van der Waals surface area contributed by atoms with Crippen LogP contribution in [0.3, 0.4) is 0 Å². The van der Waals surface area contributed by atoms with E-state index >= 15 is 0 Å². The van der Waals surface area contributed by atoms with Crippen molar-refractivity contribution in [3.63, 3.8) is 0 Å². The minimum absolute atomic E-state index is 0.0871. The van der Waals surface area contributed by atoms with Crippen molar-refractivity contribution in [2.45, 2.75) is 40.9 Å². The number of rotatable bonds is 11. The van der Waals surface area contributed by atoms with Gasteiger partial charge in [-0.2, -0.15) is 0 Å². The average molecular weight is 519 g/mol. The minimum Gasteiger partial charge on any atom is -0.457 e. The van der Waals surface area contributed by atoms with Crippen LogP contribution in [0, 0.1) is 0 Å². The SMILES string of the molecule is C=C(C)C(=O)OCc1cc(COC(=O)C(=C)C)cc(-c2ccc(OC(=O)C(=C)C)cc2OC(=O)C(=C)C)c1. The van der Waals surface area contributed by atoms with E-state index in [9.17, 15) is 19.2 Å². The molecule has 198 valence electrons. The van der Waals surface area contributed by atoms with Gasteiger partial charge in [0.2, 0.25) is 0 Å². The van der Waals surface area contributed by atoms with Crippen molar-refractivity contribution >= 4 is 23.9 Å². The zero-order valence-electron chi connectivity index (χ0n) is 22.0. The van der Waals surface area contributed by atoms with Gasteiger partial charge in [0.25, 0.3) is 0 Å². The molecule has 0 bridgehead atoms. The highest BCUT2D eigenvalue weighted by Crippen LogP contribution is 2.35. The minimum atomic E-state index is -0.684. The molecule has 2 aromatic carbocycles. The van der Waals surface area contributed by atoms with Crippen molar-refractivity contribution < 1.29 is 38.1 Å². The molecule has 0 aliphatic rings. The fourth-order valence-corrected chi connectivity index (χ4v) is 2.90. The third-order valence-corrected chi connectivity index (χ3v) is 4.86. The van der Waals surface area contributed by atoms with E-state index in [0.29, 0.717) is 22.3 Å². The van der Waals surface area contributed by atoms with Crippen molar-refractivity contribution in [3.8, 4) is 22.6 Å². The molecule has 2 rings (SSSR count). The molecule has 0 spiro atoms. The van der Waals surface area contributed by atoms with Crippen LogP contribution in [0.2, 0.25) is 0 Å². The second-order valence-corrected chi connectivity index (χ2v) is 8.75. The van der Waals surface area contributed by atoms with E-state index in [0.717, 1.165) is 0 Å². The van der Waals surface area contributed by atoms with Crippen LogP contribution in [0.1, 0.15) is 38.8 Å². The Bertz CT molecular complexity index is 1300. The number of carbonyl (C=O) groups is 4. The maximum Gasteiger partial charge on any atom is 0.338 e. The fourth-order valence-electron chi connectivity index (χ4n) is 2.90. The van der Waals surface area contributed by atoms with Gasteiger partial charge in [-0.25, -0.2) is 19.2 Å². The highest BCUT2D eigenvalue weighted by atomic mass is 16.5. The summed E-state index contributed by atoms with van der Waals surface area (Å²) in [7, 11) is 0. The average Bonchev–Trinajstić information content (AvgIpc) is 2.85. The third-order valence-electron chi connectivity index (χ3n) is 4.86. The zero-order valence-corrected chi connectivity index (χ0v) is 22.0. The van der Waals surface area contributed by atoms with Crippen molar-refractivity contribution in [1.82, 2.24) is 0 Å². The molecule has 38 heavy (non-hydrogen) atoms. The maximum absolute atomic E-state index is 12.4. The summed E-state index contributed by atoms with van der Waals surface area (Å²) in [6.45, 7) is 20.2. The van der Waals surface area contributed by atoms with Crippen LogP contribution in [0.4, 0.5) is 0 Å². The van der Waals surface area contributed by atoms with Crippen LogP contribution < -0.4 is 9.47 Å². The van der Waals surface area contributed by atoms with Crippen molar-refractivity contribution in [1.29, 1.82) is 0 Å². The molecule has 0 aromatic heterocycles. The highest BCUT2D eigenvalue weighted by Gasteiger charge is 2.17. The molecule has 8 nitrogen and oxygen atoms in total. The summed E-state index contributed by atoms with van der Waals surface area (Å²) in [5.74, 6) is -2.23. The molecule has 0 fully saturated rings. The molecule has 0 aliphatic heterocycles. The quantitative estimate of drug-likeness (QED) is 0.216. The molecule has 8 heteroatoms. The summed E-state index contributed by atoms with van der Waals surface area (Å²) in [6, 6.07) is 9.69. The van der Waals surface area contributed by atoms with Gasteiger partial charge in [-0.1, -0.05) is 26.3 Å². The Balaban J connectivity index is 2.58. The smallest absolute Gasteiger partial charge is 0.338 e. The lowest BCUT2D eigenvalue weighted by Crippen LogP contribution is -2.11. The predicted octanol–water partition coefficient (Wildman–Crippen LogP) is 5.56. The van der Waals surface area contributed by atoms with Crippen LogP contribution in [0.15, 0.2) is 85.0 Å². The second-order valence-electron chi connectivity index (χ2n) is 8.75. The van der Waals surface area contributed by atoms with Gasteiger partial charge in [-0.3, -0.25) is 0 Å². The van der Waals surface area contributed by atoms with E-state index in [2.05, 4.69) is 26.3 Å². The molecule has 0 aliphatic carbocycles. The van der Waals surface area contributed by atoms with E-state index in [-0.39, 0.29) is 47.0 Å². The normalized spacial score (nSPS) is 10.1. The lowest BCUT2D eigenvalue weighted by molar-refractivity contribution is -0.140.